The zero-order chi connectivity index (χ0) is 19.5. The standard InChI is InChI=1S/C15H26N2S.C4H4O4/c1-12(2)10-17(14-4-7-16-8-5-14)11-15-13(3)6-9-18-15;5-3(6)1-2-4(7)8/h6,9,12,14,16H,4-5,7-8,10-11H2,1-3H3;1-2H,(H,5,6)(H,7,8)/b;2-1+. The number of carbonyl (C=O) groups is 2. The van der Waals surface area contributed by atoms with Gasteiger partial charge < -0.3 is 15.5 Å². The summed E-state index contributed by atoms with van der Waals surface area (Å²) >= 11 is 1.91. The lowest BCUT2D eigenvalue weighted by molar-refractivity contribution is -0.134. The van der Waals surface area contributed by atoms with E-state index in [1.54, 1.807) is 4.88 Å². The molecule has 26 heavy (non-hydrogen) atoms. The minimum absolute atomic E-state index is 0.558. The molecule has 0 atom stereocenters. The van der Waals surface area contributed by atoms with Gasteiger partial charge in [0.15, 0.2) is 0 Å². The third-order valence-electron chi connectivity index (χ3n) is 4.11. The van der Waals surface area contributed by atoms with Crippen LogP contribution in [-0.4, -0.2) is 52.7 Å². The maximum Gasteiger partial charge on any atom is 0.328 e. The molecule has 0 aliphatic carbocycles. The molecular formula is C19H30N2O4S. The Bertz CT molecular complexity index is 576. The van der Waals surface area contributed by atoms with Crippen molar-refractivity contribution in [2.24, 2.45) is 5.92 Å². The first-order valence-corrected chi connectivity index (χ1v) is 9.79. The van der Waals surface area contributed by atoms with Crippen LogP contribution >= 0.6 is 11.3 Å². The molecule has 0 unspecified atom stereocenters. The lowest BCUT2D eigenvalue weighted by Crippen LogP contribution is -2.44. The lowest BCUT2D eigenvalue weighted by Gasteiger charge is -2.35. The van der Waals surface area contributed by atoms with Gasteiger partial charge in [-0.2, -0.15) is 0 Å². The molecule has 0 bridgehead atoms. The van der Waals surface area contributed by atoms with Gasteiger partial charge in [-0.05, 0) is 55.8 Å². The van der Waals surface area contributed by atoms with Crippen molar-refractivity contribution in [1.29, 1.82) is 0 Å². The van der Waals surface area contributed by atoms with Gasteiger partial charge in [0.1, 0.15) is 0 Å². The highest BCUT2D eigenvalue weighted by Crippen LogP contribution is 2.22. The quantitative estimate of drug-likeness (QED) is 0.628. The van der Waals surface area contributed by atoms with E-state index in [1.165, 1.54) is 38.0 Å². The van der Waals surface area contributed by atoms with E-state index in [2.05, 4.69) is 42.4 Å². The summed E-state index contributed by atoms with van der Waals surface area (Å²) in [4.78, 5) is 23.4. The molecule has 1 aromatic rings. The first-order chi connectivity index (χ1) is 12.3. The number of piperidine rings is 1. The second kappa shape index (κ2) is 11.8. The number of hydrogen-bond donors (Lipinski definition) is 3. The fraction of sp³-hybridized carbons (Fsp3) is 0.579. The van der Waals surface area contributed by atoms with Crippen LogP contribution in [0.5, 0.6) is 0 Å². The van der Waals surface area contributed by atoms with Crippen molar-refractivity contribution < 1.29 is 19.8 Å². The number of aryl methyl sites for hydroxylation is 1. The van der Waals surface area contributed by atoms with E-state index in [0.717, 1.165) is 18.5 Å². The molecule has 1 aliphatic rings. The fourth-order valence-electron chi connectivity index (χ4n) is 2.88. The first-order valence-electron chi connectivity index (χ1n) is 8.91. The Kier molecular flexibility index (Phi) is 10.2. The average molecular weight is 383 g/mol. The van der Waals surface area contributed by atoms with Crippen molar-refractivity contribution in [1.82, 2.24) is 10.2 Å². The van der Waals surface area contributed by atoms with Gasteiger partial charge in [-0.1, -0.05) is 13.8 Å². The summed E-state index contributed by atoms with van der Waals surface area (Å²) in [6.45, 7) is 11.6. The monoisotopic (exact) mass is 382 g/mol. The Labute approximate surface area is 159 Å². The third kappa shape index (κ3) is 9.12. The molecule has 2 heterocycles. The van der Waals surface area contributed by atoms with Crippen molar-refractivity contribution in [2.75, 3.05) is 19.6 Å². The van der Waals surface area contributed by atoms with Gasteiger partial charge in [-0.25, -0.2) is 9.59 Å². The van der Waals surface area contributed by atoms with Gasteiger partial charge in [0.2, 0.25) is 0 Å². The molecule has 0 saturated carbocycles. The highest BCUT2D eigenvalue weighted by molar-refractivity contribution is 7.10. The molecule has 2 rings (SSSR count). The Morgan fingerprint density at radius 2 is 1.85 bits per heavy atom. The maximum atomic E-state index is 9.55. The number of nitrogens with zero attached hydrogens (tertiary/aromatic N) is 1. The summed E-state index contributed by atoms with van der Waals surface area (Å²) in [6, 6.07) is 3.02. The number of carboxylic acid groups (broad SMARTS) is 2. The Morgan fingerprint density at radius 3 is 2.27 bits per heavy atom. The molecular weight excluding hydrogens is 352 g/mol. The lowest BCUT2D eigenvalue weighted by atomic mass is 10.0. The molecule has 1 aromatic heterocycles. The van der Waals surface area contributed by atoms with Crippen molar-refractivity contribution in [3.63, 3.8) is 0 Å². The zero-order valence-electron chi connectivity index (χ0n) is 15.8. The molecule has 146 valence electrons. The summed E-state index contributed by atoms with van der Waals surface area (Å²) < 4.78 is 0. The molecule has 1 fully saturated rings. The highest BCUT2D eigenvalue weighted by atomic mass is 32.1. The summed E-state index contributed by atoms with van der Waals surface area (Å²) in [5.74, 6) is -1.76. The predicted octanol–water partition coefficient (Wildman–Crippen LogP) is 2.98. The SMILES string of the molecule is Cc1ccsc1CN(CC(C)C)C1CCNCC1.O=C(O)/C=C/C(=O)O. The van der Waals surface area contributed by atoms with Crippen molar-refractivity contribution >= 4 is 23.3 Å². The molecule has 1 saturated heterocycles. The smallest absolute Gasteiger partial charge is 0.328 e. The minimum atomic E-state index is -1.26. The van der Waals surface area contributed by atoms with Crippen LogP contribution in [-0.2, 0) is 16.1 Å². The number of carboxylic acids is 2. The van der Waals surface area contributed by atoms with E-state index in [4.69, 9.17) is 10.2 Å². The van der Waals surface area contributed by atoms with E-state index in [0.29, 0.717) is 12.2 Å². The number of hydrogen-bond acceptors (Lipinski definition) is 5. The molecule has 0 spiro atoms. The third-order valence-corrected chi connectivity index (χ3v) is 5.12. The van der Waals surface area contributed by atoms with Gasteiger partial charge in [-0.3, -0.25) is 4.90 Å². The average Bonchev–Trinajstić information content (AvgIpc) is 2.98. The van der Waals surface area contributed by atoms with Crippen molar-refractivity contribution in [3.8, 4) is 0 Å². The fourth-order valence-corrected chi connectivity index (χ4v) is 3.81. The molecule has 0 radical (unpaired) electrons. The predicted molar refractivity (Wildman–Crippen MR) is 105 cm³/mol. The normalized spacial score (nSPS) is 15.3. The molecule has 7 heteroatoms. The molecule has 0 amide bonds. The van der Waals surface area contributed by atoms with Crippen molar-refractivity contribution in [2.45, 2.75) is 46.2 Å². The van der Waals surface area contributed by atoms with Crippen LogP contribution < -0.4 is 5.32 Å². The van der Waals surface area contributed by atoms with Gasteiger partial charge in [0.05, 0.1) is 0 Å². The number of nitrogens with one attached hydrogen (secondary N) is 1. The van der Waals surface area contributed by atoms with Crippen LogP contribution in [0.3, 0.4) is 0 Å². The summed E-state index contributed by atoms with van der Waals surface area (Å²) in [6.07, 6.45) is 3.72. The Morgan fingerprint density at radius 1 is 1.27 bits per heavy atom. The van der Waals surface area contributed by atoms with Crippen LogP contribution in [0.2, 0.25) is 0 Å². The van der Waals surface area contributed by atoms with Gasteiger partial charge in [-0.15, -0.1) is 11.3 Å². The van der Waals surface area contributed by atoms with Gasteiger partial charge in [0, 0.05) is 36.2 Å². The van der Waals surface area contributed by atoms with Crippen molar-refractivity contribution in [3.05, 3.63) is 34.0 Å². The topological polar surface area (TPSA) is 89.9 Å². The second-order valence-corrected chi connectivity index (χ2v) is 7.84. The molecule has 3 N–H and O–H groups in total. The van der Waals surface area contributed by atoms with E-state index >= 15 is 0 Å². The first kappa shape index (κ1) is 22.3. The van der Waals surface area contributed by atoms with E-state index < -0.39 is 11.9 Å². The molecule has 0 aromatic carbocycles. The van der Waals surface area contributed by atoms with Crippen LogP contribution in [0.15, 0.2) is 23.6 Å². The summed E-state index contributed by atoms with van der Waals surface area (Å²) in [5.41, 5.74) is 1.46. The van der Waals surface area contributed by atoms with Gasteiger partial charge >= 0.3 is 11.9 Å². The number of rotatable bonds is 7. The van der Waals surface area contributed by atoms with Gasteiger partial charge in [0.25, 0.3) is 0 Å². The largest absolute Gasteiger partial charge is 0.478 e. The van der Waals surface area contributed by atoms with E-state index in [9.17, 15) is 9.59 Å². The van der Waals surface area contributed by atoms with Crippen LogP contribution in [0, 0.1) is 12.8 Å². The highest BCUT2D eigenvalue weighted by Gasteiger charge is 2.22. The molecule has 6 nitrogen and oxygen atoms in total. The maximum absolute atomic E-state index is 9.55. The molecule has 1 aliphatic heterocycles. The van der Waals surface area contributed by atoms with E-state index in [1.807, 2.05) is 11.3 Å². The zero-order valence-corrected chi connectivity index (χ0v) is 16.6. The number of thiophene rings is 1. The Balaban J connectivity index is 0.000000359. The summed E-state index contributed by atoms with van der Waals surface area (Å²) in [7, 11) is 0. The van der Waals surface area contributed by atoms with Crippen LogP contribution in [0.4, 0.5) is 0 Å². The second-order valence-electron chi connectivity index (χ2n) is 6.84. The number of aliphatic carboxylic acids is 2. The summed E-state index contributed by atoms with van der Waals surface area (Å²) in [5, 5.41) is 21.3. The van der Waals surface area contributed by atoms with Crippen LogP contribution in [0.1, 0.15) is 37.1 Å². The van der Waals surface area contributed by atoms with E-state index in [-0.39, 0.29) is 0 Å². The Hall–Kier alpha value is -1.70. The van der Waals surface area contributed by atoms with Crippen LogP contribution in [0.25, 0.3) is 0 Å². The minimum Gasteiger partial charge on any atom is -0.478 e.